The molecule has 2 N–H and O–H groups in total. The van der Waals surface area contributed by atoms with E-state index in [1.54, 1.807) is 24.3 Å². The van der Waals surface area contributed by atoms with Crippen LogP contribution >= 0.6 is 31.9 Å². The van der Waals surface area contributed by atoms with Crippen LogP contribution in [0.2, 0.25) is 0 Å². The maximum absolute atomic E-state index is 11.7. The van der Waals surface area contributed by atoms with Crippen LogP contribution < -0.4 is 14.9 Å². The number of nitrogens with one attached hydrogen (secondary N) is 1. The first-order valence-corrected chi connectivity index (χ1v) is 8.35. The summed E-state index contributed by atoms with van der Waals surface area (Å²) in [4.78, 5) is 11.7. The van der Waals surface area contributed by atoms with Gasteiger partial charge in [-0.05, 0) is 57.9 Å². The first-order valence-electron chi connectivity index (χ1n) is 6.76. The summed E-state index contributed by atoms with van der Waals surface area (Å²) in [6.45, 7) is -0.151. The van der Waals surface area contributed by atoms with E-state index in [0.717, 1.165) is 4.47 Å². The number of hydrogen-bond acceptors (Lipinski definition) is 5. The van der Waals surface area contributed by atoms with Crippen LogP contribution in [0.4, 0.5) is 0 Å². The largest absolute Gasteiger partial charge is 0.503 e. The Balaban J connectivity index is 1.88. The molecular formula is C16H14Br2N2O4. The fourth-order valence-corrected chi connectivity index (χ4v) is 2.44. The molecule has 0 atom stereocenters. The van der Waals surface area contributed by atoms with E-state index in [4.69, 9.17) is 9.47 Å². The second-order valence-electron chi connectivity index (χ2n) is 4.59. The number of methoxy groups -OCH3 is 1. The van der Waals surface area contributed by atoms with Gasteiger partial charge in [-0.3, -0.25) is 4.79 Å². The maximum Gasteiger partial charge on any atom is 0.277 e. The number of amides is 1. The molecule has 2 aromatic rings. The van der Waals surface area contributed by atoms with Gasteiger partial charge in [-0.25, -0.2) is 5.43 Å². The van der Waals surface area contributed by atoms with Crippen LogP contribution in [0.1, 0.15) is 5.56 Å². The third-order valence-electron chi connectivity index (χ3n) is 2.86. The Morgan fingerprint density at radius 2 is 2.00 bits per heavy atom. The highest BCUT2D eigenvalue weighted by atomic mass is 79.9. The SMILES string of the molecule is COc1cc(C=NNC(=O)COc2ccc(Br)cc2)cc(Br)c1O. The molecule has 0 bridgehead atoms. The van der Waals surface area contributed by atoms with Gasteiger partial charge in [-0.15, -0.1) is 0 Å². The smallest absolute Gasteiger partial charge is 0.277 e. The van der Waals surface area contributed by atoms with Gasteiger partial charge in [-0.2, -0.15) is 5.10 Å². The van der Waals surface area contributed by atoms with E-state index in [2.05, 4.69) is 42.4 Å². The molecule has 6 nitrogen and oxygen atoms in total. The van der Waals surface area contributed by atoms with Gasteiger partial charge in [0.15, 0.2) is 18.1 Å². The number of halogens is 2. The van der Waals surface area contributed by atoms with E-state index in [1.807, 2.05) is 12.1 Å². The summed E-state index contributed by atoms with van der Waals surface area (Å²) in [6.07, 6.45) is 1.43. The number of hydrazone groups is 1. The number of ether oxygens (including phenoxy) is 2. The highest BCUT2D eigenvalue weighted by Crippen LogP contribution is 2.34. The minimum Gasteiger partial charge on any atom is -0.503 e. The number of carbonyl (C=O) groups excluding carboxylic acids is 1. The molecule has 0 saturated carbocycles. The van der Waals surface area contributed by atoms with E-state index in [1.165, 1.54) is 13.3 Å². The van der Waals surface area contributed by atoms with Crippen molar-refractivity contribution in [1.29, 1.82) is 0 Å². The van der Waals surface area contributed by atoms with Gasteiger partial charge in [0.1, 0.15) is 5.75 Å². The monoisotopic (exact) mass is 456 g/mol. The molecule has 0 saturated heterocycles. The molecule has 0 spiro atoms. The van der Waals surface area contributed by atoms with Gasteiger partial charge < -0.3 is 14.6 Å². The number of benzene rings is 2. The van der Waals surface area contributed by atoms with Crippen LogP contribution in [0.5, 0.6) is 17.2 Å². The second-order valence-corrected chi connectivity index (χ2v) is 6.36. The molecule has 0 unspecified atom stereocenters. The van der Waals surface area contributed by atoms with Crippen molar-refractivity contribution in [3.8, 4) is 17.2 Å². The Morgan fingerprint density at radius 1 is 1.29 bits per heavy atom. The molecule has 2 aromatic carbocycles. The molecule has 126 valence electrons. The minimum absolute atomic E-state index is 0.00147. The molecule has 0 radical (unpaired) electrons. The summed E-state index contributed by atoms with van der Waals surface area (Å²) in [5.41, 5.74) is 3.01. The highest BCUT2D eigenvalue weighted by molar-refractivity contribution is 9.10. The molecule has 0 aromatic heterocycles. The van der Waals surface area contributed by atoms with Crippen molar-refractivity contribution in [1.82, 2.24) is 5.43 Å². The highest BCUT2D eigenvalue weighted by Gasteiger charge is 2.07. The van der Waals surface area contributed by atoms with Crippen LogP contribution in [0, 0.1) is 0 Å². The number of carbonyl (C=O) groups is 1. The molecule has 0 aliphatic rings. The summed E-state index contributed by atoms with van der Waals surface area (Å²) < 4.78 is 11.8. The van der Waals surface area contributed by atoms with Crippen molar-refractivity contribution in [3.05, 3.63) is 50.9 Å². The third kappa shape index (κ3) is 5.24. The fourth-order valence-electron chi connectivity index (χ4n) is 1.71. The Hall–Kier alpha value is -2.06. The molecule has 0 fully saturated rings. The fraction of sp³-hybridized carbons (Fsp3) is 0.125. The predicted octanol–water partition coefficient (Wildman–Crippen LogP) is 3.45. The van der Waals surface area contributed by atoms with Gasteiger partial charge in [0.25, 0.3) is 5.91 Å². The summed E-state index contributed by atoms with van der Waals surface area (Å²) >= 11 is 6.53. The van der Waals surface area contributed by atoms with Crippen molar-refractivity contribution in [2.45, 2.75) is 0 Å². The van der Waals surface area contributed by atoms with Crippen LogP contribution in [0.25, 0.3) is 0 Å². The van der Waals surface area contributed by atoms with Crippen molar-refractivity contribution in [2.75, 3.05) is 13.7 Å². The molecular weight excluding hydrogens is 444 g/mol. The second kappa shape index (κ2) is 8.70. The molecule has 24 heavy (non-hydrogen) atoms. The number of phenols is 1. The quantitative estimate of drug-likeness (QED) is 0.514. The van der Waals surface area contributed by atoms with E-state index in [0.29, 0.717) is 21.5 Å². The average molecular weight is 458 g/mol. The van der Waals surface area contributed by atoms with Crippen LogP contribution in [0.15, 0.2) is 50.4 Å². The van der Waals surface area contributed by atoms with Crippen LogP contribution in [0.3, 0.4) is 0 Å². The zero-order chi connectivity index (χ0) is 17.5. The summed E-state index contributed by atoms with van der Waals surface area (Å²) in [5, 5.41) is 13.6. The van der Waals surface area contributed by atoms with Crippen LogP contribution in [-0.4, -0.2) is 30.9 Å². The van der Waals surface area contributed by atoms with Crippen molar-refractivity contribution in [2.24, 2.45) is 5.10 Å². The normalized spacial score (nSPS) is 10.6. The van der Waals surface area contributed by atoms with E-state index < -0.39 is 0 Å². The Bertz CT molecular complexity index is 748. The van der Waals surface area contributed by atoms with Gasteiger partial charge in [-0.1, -0.05) is 15.9 Å². The van der Waals surface area contributed by atoms with E-state index in [9.17, 15) is 9.90 Å². The maximum atomic E-state index is 11.7. The standard InChI is InChI=1S/C16H14Br2N2O4/c1-23-14-7-10(6-13(18)16(14)22)8-19-20-15(21)9-24-12-4-2-11(17)3-5-12/h2-8,22H,9H2,1H3,(H,20,21). The molecule has 0 heterocycles. The molecule has 8 heteroatoms. The molecule has 1 amide bonds. The first-order chi connectivity index (χ1) is 11.5. The molecule has 0 aliphatic heterocycles. The predicted molar refractivity (Wildman–Crippen MR) is 97.7 cm³/mol. The number of hydrogen-bond donors (Lipinski definition) is 2. The number of aromatic hydroxyl groups is 1. The lowest BCUT2D eigenvalue weighted by Gasteiger charge is -2.06. The first kappa shape index (κ1) is 18.3. The lowest BCUT2D eigenvalue weighted by Crippen LogP contribution is -2.24. The minimum atomic E-state index is -0.390. The summed E-state index contributed by atoms with van der Waals surface area (Å²) in [7, 11) is 1.45. The topological polar surface area (TPSA) is 80.2 Å². The number of rotatable bonds is 6. The molecule has 0 aliphatic carbocycles. The van der Waals surface area contributed by atoms with Gasteiger partial charge >= 0.3 is 0 Å². The van der Waals surface area contributed by atoms with Crippen molar-refractivity contribution in [3.63, 3.8) is 0 Å². The summed E-state index contributed by atoms with van der Waals surface area (Å²) in [5.74, 6) is 0.501. The molecule has 2 rings (SSSR count). The lowest BCUT2D eigenvalue weighted by molar-refractivity contribution is -0.123. The lowest BCUT2D eigenvalue weighted by atomic mass is 10.2. The van der Waals surface area contributed by atoms with Gasteiger partial charge in [0, 0.05) is 4.47 Å². The zero-order valence-electron chi connectivity index (χ0n) is 12.6. The Morgan fingerprint density at radius 3 is 2.67 bits per heavy atom. The van der Waals surface area contributed by atoms with Crippen molar-refractivity contribution >= 4 is 44.0 Å². The van der Waals surface area contributed by atoms with E-state index in [-0.39, 0.29) is 18.3 Å². The Labute approximate surface area is 155 Å². The average Bonchev–Trinajstić information content (AvgIpc) is 2.57. The van der Waals surface area contributed by atoms with Gasteiger partial charge in [0.2, 0.25) is 0 Å². The third-order valence-corrected chi connectivity index (χ3v) is 3.99. The zero-order valence-corrected chi connectivity index (χ0v) is 15.8. The van der Waals surface area contributed by atoms with Gasteiger partial charge in [0.05, 0.1) is 17.8 Å². The van der Waals surface area contributed by atoms with E-state index >= 15 is 0 Å². The number of phenolic OH excluding ortho intramolecular Hbond substituents is 1. The summed E-state index contributed by atoms with van der Waals surface area (Å²) in [6, 6.07) is 10.4. The van der Waals surface area contributed by atoms with Crippen LogP contribution in [-0.2, 0) is 4.79 Å². The number of nitrogens with zero attached hydrogens (tertiary/aromatic N) is 1. The van der Waals surface area contributed by atoms with Crippen molar-refractivity contribution < 1.29 is 19.4 Å². The Kier molecular flexibility index (Phi) is 6.62.